The Bertz CT molecular complexity index is 1050. The largest absolute Gasteiger partial charge is 0.412 e. The highest BCUT2D eigenvalue weighted by Crippen LogP contribution is 2.37. The number of carbonyl (C=O) groups excluding carboxylic acids is 1. The van der Waals surface area contributed by atoms with E-state index in [2.05, 4.69) is 25.3 Å². The highest BCUT2D eigenvalue weighted by Gasteiger charge is 2.29. The molecule has 1 aliphatic rings. The molecule has 0 spiro atoms. The smallest absolute Gasteiger partial charge is 0.405 e. The van der Waals surface area contributed by atoms with Gasteiger partial charge in [0.1, 0.15) is 11.6 Å². The maximum Gasteiger partial charge on any atom is 0.412 e. The second-order valence-corrected chi connectivity index (χ2v) is 7.43. The van der Waals surface area contributed by atoms with Gasteiger partial charge in [-0.15, -0.1) is 0 Å². The first kappa shape index (κ1) is 19.1. The number of amides is 1. The van der Waals surface area contributed by atoms with E-state index in [-0.39, 0.29) is 23.7 Å². The molecule has 0 radical (unpaired) electrons. The normalized spacial score (nSPS) is 16.6. The number of hydrogen-bond donors (Lipinski definition) is 1. The van der Waals surface area contributed by atoms with Crippen molar-refractivity contribution in [1.29, 1.82) is 0 Å². The summed E-state index contributed by atoms with van der Waals surface area (Å²) in [4.78, 5) is 22.9. The number of hydrogen-bond acceptors (Lipinski definition) is 6. The Morgan fingerprint density at radius 2 is 2.21 bits per heavy atom. The minimum atomic E-state index is -0.553. The molecule has 1 amide bonds. The predicted octanol–water partition coefficient (Wildman–Crippen LogP) is 3.41. The molecule has 0 aliphatic carbocycles. The van der Waals surface area contributed by atoms with Gasteiger partial charge >= 0.3 is 6.09 Å². The fourth-order valence-electron chi connectivity index (χ4n) is 3.66. The first-order chi connectivity index (χ1) is 13.9. The standard InChI is InChI=1S/C20H23FN6O2/c1-12(2)24-20(28)29-17-11-23-27-8-6-18(25-19(17)27)26-7-4-5-16(26)15-9-14(21)10-22-13(15)3/h6,8-12,16H,4-5,7H2,1-3H3,(H,24,28)/t16-/m1/s1. The van der Waals surface area contributed by atoms with Crippen molar-refractivity contribution in [3.05, 3.63) is 47.8 Å². The van der Waals surface area contributed by atoms with E-state index >= 15 is 0 Å². The van der Waals surface area contributed by atoms with Gasteiger partial charge in [0, 0.05) is 24.5 Å². The Labute approximate surface area is 167 Å². The number of aromatic nitrogens is 4. The van der Waals surface area contributed by atoms with E-state index in [1.807, 2.05) is 26.8 Å². The van der Waals surface area contributed by atoms with Crippen LogP contribution in [0.3, 0.4) is 0 Å². The van der Waals surface area contributed by atoms with E-state index in [4.69, 9.17) is 4.74 Å². The van der Waals surface area contributed by atoms with Crippen molar-refractivity contribution in [3.63, 3.8) is 0 Å². The van der Waals surface area contributed by atoms with E-state index in [9.17, 15) is 9.18 Å². The summed E-state index contributed by atoms with van der Waals surface area (Å²) in [6.45, 7) is 6.38. The van der Waals surface area contributed by atoms with E-state index < -0.39 is 6.09 Å². The van der Waals surface area contributed by atoms with Crippen LogP contribution in [-0.2, 0) is 0 Å². The zero-order chi connectivity index (χ0) is 20.5. The first-order valence-electron chi connectivity index (χ1n) is 9.64. The van der Waals surface area contributed by atoms with Crippen molar-refractivity contribution in [1.82, 2.24) is 24.9 Å². The highest BCUT2D eigenvalue weighted by molar-refractivity contribution is 5.73. The lowest BCUT2D eigenvalue weighted by atomic mass is 10.0. The molecule has 1 fully saturated rings. The summed E-state index contributed by atoms with van der Waals surface area (Å²) in [5.41, 5.74) is 2.12. The van der Waals surface area contributed by atoms with Gasteiger partial charge in [0.05, 0.1) is 18.4 Å². The number of aryl methyl sites for hydroxylation is 1. The Kier molecular flexibility index (Phi) is 5.04. The van der Waals surface area contributed by atoms with Crippen molar-refractivity contribution >= 4 is 17.6 Å². The molecule has 3 aromatic heterocycles. The van der Waals surface area contributed by atoms with Crippen LogP contribution >= 0.6 is 0 Å². The van der Waals surface area contributed by atoms with Crippen molar-refractivity contribution in [2.24, 2.45) is 0 Å². The second-order valence-electron chi connectivity index (χ2n) is 7.43. The van der Waals surface area contributed by atoms with E-state index in [1.54, 1.807) is 16.8 Å². The molecule has 9 heteroatoms. The van der Waals surface area contributed by atoms with Gasteiger partial charge < -0.3 is 15.0 Å². The number of rotatable bonds is 4. The third-order valence-electron chi connectivity index (χ3n) is 4.93. The zero-order valence-corrected chi connectivity index (χ0v) is 16.6. The average molecular weight is 398 g/mol. The summed E-state index contributed by atoms with van der Waals surface area (Å²) in [5.74, 6) is 0.658. The fourth-order valence-corrected chi connectivity index (χ4v) is 3.66. The monoisotopic (exact) mass is 398 g/mol. The van der Waals surface area contributed by atoms with Gasteiger partial charge in [-0.3, -0.25) is 4.98 Å². The molecule has 4 heterocycles. The van der Waals surface area contributed by atoms with Crippen LogP contribution < -0.4 is 15.0 Å². The van der Waals surface area contributed by atoms with Gasteiger partial charge in [-0.2, -0.15) is 5.10 Å². The molecule has 1 saturated heterocycles. The fraction of sp³-hybridized carbons (Fsp3) is 0.400. The predicted molar refractivity (Wildman–Crippen MR) is 106 cm³/mol. The Hall–Kier alpha value is -3.23. The Balaban J connectivity index is 1.65. The molecule has 29 heavy (non-hydrogen) atoms. The average Bonchev–Trinajstić information content (AvgIpc) is 3.30. The van der Waals surface area contributed by atoms with Gasteiger partial charge in [0.15, 0.2) is 5.75 Å². The summed E-state index contributed by atoms with van der Waals surface area (Å²) < 4.78 is 20.7. The van der Waals surface area contributed by atoms with Crippen LogP contribution in [0.15, 0.2) is 30.7 Å². The molecule has 0 saturated carbocycles. The van der Waals surface area contributed by atoms with E-state index in [0.717, 1.165) is 36.5 Å². The van der Waals surface area contributed by atoms with Crippen LogP contribution in [0.5, 0.6) is 5.75 Å². The maximum atomic E-state index is 13.8. The number of pyridine rings is 1. The summed E-state index contributed by atoms with van der Waals surface area (Å²) >= 11 is 0. The SMILES string of the molecule is Cc1ncc(F)cc1[C@H]1CCCN1c1ccn2ncc(OC(=O)NC(C)C)c2n1. The second kappa shape index (κ2) is 7.65. The Morgan fingerprint density at radius 1 is 1.38 bits per heavy atom. The lowest BCUT2D eigenvalue weighted by Gasteiger charge is -2.27. The van der Waals surface area contributed by atoms with Crippen LogP contribution in [0.25, 0.3) is 5.65 Å². The molecule has 0 aromatic carbocycles. The summed E-state index contributed by atoms with van der Waals surface area (Å²) in [5, 5.41) is 6.87. The van der Waals surface area contributed by atoms with Crippen LogP contribution in [0.1, 0.15) is 44.0 Å². The van der Waals surface area contributed by atoms with Gasteiger partial charge in [-0.1, -0.05) is 0 Å². The van der Waals surface area contributed by atoms with Crippen LogP contribution in [-0.4, -0.2) is 38.3 Å². The van der Waals surface area contributed by atoms with Gasteiger partial charge in [-0.05, 0) is 51.3 Å². The van der Waals surface area contributed by atoms with Crippen molar-refractivity contribution < 1.29 is 13.9 Å². The van der Waals surface area contributed by atoms with Gasteiger partial charge in [-0.25, -0.2) is 18.7 Å². The minimum Gasteiger partial charge on any atom is -0.405 e. The molecular weight excluding hydrogens is 375 g/mol. The van der Waals surface area contributed by atoms with Crippen molar-refractivity contribution in [3.8, 4) is 5.75 Å². The molecule has 4 rings (SSSR count). The minimum absolute atomic E-state index is 0.00956. The summed E-state index contributed by atoms with van der Waals surface area (Å²) in [6.07, 6.45) is 5.78. The molecule has 1 N–H and O–H groups in total. The van der Waals surface area contributed by atoms with Crippen molar-refractivity contribution in [2.45, 2.75) is 45.7 Å². The number of ether oxygens (including phenoxy) is 1. The lowest BCUT2D eigenvalue weighted by molar-refractivity contribution is 0.198. The molecule has 0 unspecified atom stereocenters. The molecule has 3 aromatic rings. The number of carbonyl (C=O) groups is 1. The maximum absolute atomic E-state index is 13.8. The first-order valence-corrected chi connectivity index (χ1v) is 9.64. The zero-order valence-electron chi connectivity index (χ0n) is 16.6. The van der Waals surface area contributed by atoms with E-state index in [1.165, 1.54) is 12.4 Å². The quantitative estimate of drug-likeness (QED) is 0.725. The molecule has 1 atom stereocenters. The number of fused-ring (bicyclic) bond motifs is 1. The third-order valence-corrected chi connectivity index (χ3v) is 4.93. The molecule has 1 aliphatic heterocycles. The van der Waals surface area contributed by atoms with Crippen LogP contribution in [0, 0.1) is 12.7 Å². The van der Waals surface area contributed by atoms with E-state index in [0.29, 0.717) is 5.65 Å². The topological polar surface area (TPSA) is 84.7 Å². The number of nitrogens with one attached hydrogen (secondary N) is 1. The van der Waals surface area contributed by atoms with Crippen LogP contribution in [0.4, 0.5) is 15.0 Å². The van der Waals surface area contributed by atoms with Gasteiger partial charge in [0.2, 0.25) is 5.65 Å². The Morgan fingerprint density at radius 3 is 3.00 bits per heavy atom. The van der Waals surface area contributed by atoms with Gasteiger partial charge in [0.25, 0.3) is 0 Å². The summed E-state index contributed by atoms with van der Waals surface area (Å²) in [6, 6.07) is 3.36. The number of anilines is 1. The van der Waals surface area contributed by atoms with Crippen molar-refractivity contribution in [2.75, 3.05) is 11.4 Å². The van der Waals surface area contributed by atoms with Crippen LogP contribution in [0.2, 0.25) is 0 Å². The number of nitrogens with zero attached hydrogens (tertiary/aromatic N) is 5. The highest BCUT2D eigenvalue weighted by atomic mass is 19.1. The molecule has 0 bridgehead atoms. The summed E-state index contributed by atoms with van der Waals surface area (Å²) in [7, 11) is 0. The lowest BCUT2D eigenvalue weighted by Crippen LogP contribution is -2.32. The molecule has 8 nitrogen and oxygen atoms in total. The third kappa shape index (κ3) is 3.85. The molecule has 152 valence electrons. The molecular formula is C20H23FN6O2. The number of halogens is 1.